The van der Waals surface area contributed by atoms with Gasteiger partial charge in [-0.3, -0.25) is 13.9 Å². The summed E-state index contributed by atoms with van der Waals surface area (Å²) >= 11 is 5.87. The summed E-state index contributed by atoms with van der Waals surface area (Å²) in [5.41, 5.74) is -0.663. The van der Waals surface area contributed by atoms with Crippen LogP contribution in [0.4, 0.5) is 0 Å². The summed E-state index contributed by atoms with van der Waals surface area (Å²) in [5.74, 6) is 0. The van der Waals surface area contributed by atoms with Gasteiger partial charge in [0.25, 0.3) is 11.2 Å². The van der Waals surface area contributed by atoms with E-state index in [1.807, 2.05) is 0 Å². The Morgan fingerprint density at radius 3 is 2.46 bits per heavy atom. The monoisotopic (exact) mass is 343 g/mol. The van der Waals surface area contributed by atoms with Crippen molar-refractivity contribution in [3.63, 3.8) is 0 Å². The fourth-order valence-corrected chi connectivity index (χ4v) is 2.32. The average Bonchev–Trinajstić information content (AvgIpc) is 2.59. The molecule has 0 aliphatic carbocycles. The van der Waals surface area contributed by atoms with E-state index in [0.717, 1.165) is 4.57 Å². The van der Waals surface area contributed by atoms with E-state index in [1.54, 1.807) is 30.5 Å². The van der Waals surface area contributed by atoms with Gasteiger partial charge in [0.15, 0.2) is 11.2 Å². The largest absolute Gasteiger partial charge is 0.332 e. The molecule has 0 fully saturated rings. The highest BCUT2D eigenvalue weighted by Gasteiger charge is 2.14. The van der Waals surface area contributed by atoms with Crippen molar-refractivity contribution < 1.29 is 0 Å². The van der Waals surface area contributed by atoms with Crippen LogP contribution in [0.15, 0.2) is 38.8 Å². The van der Waals surface area contributed by atoms with Crippen LogP contribution in [0.25, 0.3) is 16.9 Å². The second kappa shape index (κ2) is 5.75. The lowest BCUT2D eigenvalue weighted by Crippen LogP contribution is -2.40. The van der Waals surface area contributed by atoms with Crippen LogP contribution in [0.1, 0.15) is 0 Å². The normalized spacial score (nSPS) is 11.7. The molecule has 0 radical (unpaired) electrons. The summed E-state index contributed by atoms with van der Waals surface area (Å²) in [6.07, 6.45) is 1.64. The lowest BCUT2D eigenvalue weighted by Gasteiger charge is -2.09. The molecule has 9 nitrogen and oxygen atoms in total. The van der Waals surface area contributed by atoms with E-state index in [4.69, 9.17) is 16.9 Å². The third kappa shape index (κ3) is 2.39. The second-order valence-electron chi connectivity index (χ2n) is 4.89. The lowest BCUT2D eigenvalue weighted by atomic mass is 10.3. The number of hydrogen-bond donors (Lipinski definition) is 0. The van der Waals surface area contributed by atoms with Gasteiger partial charge in [-0.2, -0.15) is 20.0 Å². The van der Waals surface area contributed by atoms with E-state index in [1.165, 1.54) is 23.3 Å². The van der Waals surface area contributed by atoms with E-state index in [0.29, 0.717) is 10.7 Å². The van der Waals surface area contributed by atoms with Crippen molar-refractivity contribution in [3.05, 3.63) is 55.7 Å². The Bertz CT molecular complexity index is 1180. The van der Waals surface area contributed by atoms with Crippen LogP contribution in [0.5, 0.6) is 0 Å². The topological polar surface area (TPSA) is 111 Å². The number of halogens is 1. The average molecular weight is 344 g/mol. The molecule has 10 heteroatoms. The summed E-state index contributed by atoms with van der Waals surface area (Å²) in [7, 11) is 2.81. The zero-order chi connectivity index (χ0) is 17.4. The van der Waals surface area contributed by atoms with Gasteiger partial charge in [0, 0.05) is 19.1 Å². The standard InChI is InChI=1S/C14H10ClN7O2/c1-20-11-10(12(23)21(2)14(20)24)19-22(13(18-11)17-7-16)9-5-3-8(15)4-6-9/h3-6H,1-2H3. The number of rotatable bonds is 1. The molecule has 0 N–H and O–H groups in total. The highest BCUT2D eigenvalue weighted by molar-refractivity contribution is 6.30. The fraction of sp³-hybridized carbons (Fsp3) is 0.143. The van der Waals surface area contributed by atoms with Crippen LogP contribution in [0, 0.1) is 11.5 Å². The van der Waals surface area contributed by atoms with E-state index >= 15 is 0 Å². The van der Waals surface area contributed by atoms with E-state index in [2.05, 4.69) is 15.1 Å². The molecule has 0 aliphatic heterocycles. The van der Waals surface area contributed by atoms with Crippen LogP contribution in [0.2, 0.25) is 5.02 Å². The molecule has 0 bridgehead atoms. The molecule has 120 valence electrons. The summed E-state index contributed by atoms with van der Waals surface area (Å²) in [6.45, 7) is 0. The molecule has 3 aromatic rings. The van der Waals surface area contributed by atoms with Gasteiger partial charge in [-0.1, -0.05) is 11.6 Å². The minimum Gasteiger partial charge on any atom is -0.279 e. The van der Waals surface area contributed by atoms with Crippen molar-refractivity contribution in [2.75, 3.05) is 0 Å². The highest BCUT2D eigenvalue weighted by atomic mass is 35.5. The first-order valence-corrected chi connectivity index (χ1v) is 7.07. The molecule has 0 spiro atoms. The number of hydrogen-bond acceptors (Lipinski definition) is 6. The Kier molecular flexibility index (Phi) is 3.75. The molecule has 2 heterocycles. The molecule has 3 rings (SSSR count). The van der Waals surface area contributed by atoms with Crippen LogP contribution in [0.3, 0.4) is 0 Å². The SMILES string of the molecule is Cn1c(=O)c2nn(-c3ccc(Cl)cc3)c(=NC#N)nc2n(C)c1=O. The van der Waals surface area contributed by atoms with Crippen molar-refractivity contribution in [2.24, 2.45) is 19.1 Å². The molecule has 0 aliphatic rings. The third-order valence-corrected chi connectivity index (χ3v) is 3.68. The molecule has 1 aromatic carbocycles. The Labute approximate surface area is 139 Å². The maximum absolute atomic E-state index is 12.3. The molecule has 2 aromatic heterocycles. The van der Waals surface area contributed by atoms with Gasteiger partial charge in [0.1, 0.15) is 0 Å². The predicted molar refractivity (Wildman–Crippen MR) is 85.5 cm³/mol. The Morgan fingerprint density at radius 1 is 1.17 bits per heavy atom. The van der Waals surface area contributed by atoms with Gasteiger partial charge in [-0.05, 0) is 24.3 Å². The van der Waals surface area contributed by atoms with Gasteiger partial charge in [-0.15, -0.1) is 4.99 Å². The fourth-order valence-electron chi connectivity index (χ4n) is 2.19. The van der Waals surface area contributed by atoms with Gasteiger partial charge in [-0.25, -0.2) is 4.79 Å². The van der Waals surface area contributed by atoms with Crippen LogP contribution in [-0.4, -0.2) is 23.9 Å². The number of benzene rings is 1. The quantitative estimate of drug-likeness (QED) is 0.571. The van der Waals surface area contributed by atoms with Crippen LogP contribution >= 0.6 is 11.6 Å². The lowest BCUT2D eigenvalue weighted by molar-refractivity contribution is 0.678. The van der Waals surface area contributed by atoms with Crippen molar-refractivity contribution in [1.29, 1.82) is 5.26 Å². The number of nitriles is 1. The smallest absolute Gasteiger partial charge is 0.279 e. The first-order valence-electron chi connectivity index (χ1n) is 6.70. The van der Waals surface area contributed by atoms with Gasteiger partial charge in [0.05, 0.1) is 5.69 Å². The molecule has 0 amide bonds. The molecular formula is C14H10ClN7O2. The third-order valence-electron chi connectivity index (χ3n) is 3.43. The zero-order valence-electron chi connectivity index (χ0n) is 12.6. The van der Waals surface area contributed by atoms with Gasteiger partial charge in [0.2, 0.25) is 6.19 Å². The minimum absolute atomic E-state index is 0.0218. The first-order chi connectivity index (χ1) is 11.4. The van der Waals surface area contributed by atoms with Gasteiger partial charge < -0.3 is 0 Å². The number of nitrogens with zero attached hydrogens (tertiary/aromatic N) is 7. The molecule has 0 atom stereocenters. The van der Waals surface area contributed by atoms with Gasteiger partial charge >= 0.3 is 5.69 Å². The van der Waals surface area contributed by atoms with Crippen molar-refractivity contribution in [1.82, 2.24) is 23.9 Å². The minimum atomic E-state index is -0.591. The number of aromatic nitrogens is 5. The molecule has 0 saturated carbocycles. The number of fused-ring (bicyclic) bond motifs is 1. The van der Waals surface area contributed by atoms with Crippen LogP contribution in [-0.2, 0) is 14.1 Å². The maximum Gasteiger partial charge on any atom is 0.332 e. The molecule has 0 unspecified atom stereocenters. The predicted octanol–water partition coefficient (Wildman–Crippen LogP) is -0.147. The molecule has 0 saturated heterocycles. The van der Waals surface area contributed by atoms with E-state index in [-0.39, 0.29) is 16.8 Å². The molecule has 24 heavy (non-hydrogen) atoms. The van der Waals surface area contributed by atoms with E-state index < -0.39 is 11.2 Å². The Hall–Kier alpha value is -3.25. The summed E-state index contributed by atoms with van der Waals surface area (Å²) in [4.78, 5) is 32.1. The Morgan fingerprint density at radius 2 is 1.83 bits per heavy atom. The summed E-state index contributed by atoms with van der Waals surface area (Å²) in [5, 5.41) is 13.6. The summed E-state index contributed by atoms with van der Waals surface area (Å²) in [6, 6.07) is 6.55. The van der Waals surface area contributed by atoms with Crippen LogP contribution < -0.4 is 16.9 Å². The first kappa shape index (κ1) is 15.6. The van der Waals surface area contributed by atoms with Crippen molar-refractivity contribution in [3.8, 4) is 11.9 Å². The van der Waals surface area contributed by atoms with Crippen molar-refractivity contribution >= 4 is 22.8 Å². The molecular weight excluding hydrogens is 334 g/mol. The van der Waals surface area contributed by atoms with Crippen molar-refractivity contribution in [2.45, 2.75) is 0 Å². The highest BCUT2D eigenvalue weighted by Crippen LogP contribution is 2.11. The number of aryl methyl sites for hydroxylation is 1. The maximum atomic E-state index is 12.3. The second-order valence-corrected chi connectivity index (χ2v) is 5.33. The zero-order valence-corrected chi connectivity index (χ0v) is 13.4. The Balaban J connectivity index is 2.51. The van der Waals surface area contributed by atoms with E-state index in [9.17, 15) is 9.59 Å². The summed E-state index contributed by atoms with van der Waals surface area (Å²) < 4.78 is 3.35.